The van der Waals surface area contributed by atoms with Crippen molar-refractivity contribution in [2.24, 2.45) is 13.0 Å². The van der Waals surface area contributed by atoms with Gasteiger partial charge in [0, 0.05) is 12.1 Å². The van der Waals surface area contributed by atoms with Crippen molar-refractivity contribution in [2.45, 2.75) is 32.9 Å². The largest absolute Gasteiger partial charge is 0.480 e. The first kappa shape index (κ1) is 15.8. The van der Waals surface area contributed by atoms with Crippen molar-refractivity contribution >= 4 is 28.6 Å². The molecule has 0 aliphatic rings. The minimum absolute atomic E-state index is 0.317. The van der Waals surface area contributed by atoms with Crippen molar-refractivity contribution < 1.29 is 9.90 Å². The van der Waals surface area contributed by atoms with Crippen molar-refractivity contribution in [3.63, 3.8) is 0 Å². The lowest BCUT2D eigenvalue weighted by Gasteiger charge is -2.16. The van der Waals surface area contributed by atoms with Crippen molar-refractivity contribution in [3.8, 4) is 0 Å². The Morgan fingerprint density at radius 2 is 2.19 bits per heavy atom. The van der Waals surface area contributed by atoms with Crippen LogP contribution in [-0.2, 0) is 18.4 Å². The van der Waals surface area contributed by atoms with E-state index in [9.17, 15) is 9.90 Å². The molecule has 0 bridgehead atoms. The van der Waals surface area contributed by atoms with E-state index in [1.807, 2.05) is 37.6 Å². The molecule has 21 heavy (non-hydrogen) atoms. The zero-order valence-corrected chi connectivity index (χ0v) is 13.2. The number of benzene rings is 1. The standard InChI is InChI=1S/C15H20ClN3O2/c1-9(2)6-12(15(20)21)17-8-14-18-11-5-4-10(16)7-13(11)19(14)3/h4-5,7,9,12,17H,6,8H2,1-3H3,(H,20,21). The second-order valence-electron chi connectivity index (χ2n) is 5.62. The molecule has 0 spiro atoms. The Morgan fingerprint density at radius 1 is 1.48 bits per heavy atom. The number of carboxylic acids is 1. The number of aliphatic carboxylic acids is 1. The molecule has 0 radical (unpaired) electrons. The number of imidazole rings is 1. The van der Waals surface area contributed by atoms with E-state index in [0.29, 0.717) is 23.9 Å². The zero-order chi connectivity index (χ0) is 15.6. The minimum Gasteiger partial charge on any atom is -0.480 e. The van der Waals surface area contributed by atoms with Gasteiger partial charge < -0.3 is 9.67 Å². The smallest absolute Gasteiger partial charge is 0.320 e. The summed E-state index contributed by atoms with van der Waals surface area (Å²) in [5.41, 5.74) is 1.80. The van der Waals surface area contributed by atoms with Gasteiger partial charge in [0.15, 0.2) is 0 Å². The summed E-state index contributed by atoms with van der Waals surface area (Å²) in [6, 6.07) is 4.96. The molecule has 0 saturated heterocycles. The summed E-state index contributed by atoms with van der Waals surface area (Å²) in [7, 11) is 1.90. The zero-order valence-electron chi connectivity index (χ0n) is 12.4. The Balaban J connectivity index is 2.16. The van der Waals surface area contributed by atoms with Gasteiger partial charge in [-0.1, -0.05) is 25.4 Å². The minimum atomic E-state index is -0.828. The maximum absolute atomic E-state index is 11.3. The van der Waals surface area contributed by atoms with Gasteiger partial charge in [-0.2, -0.15) is 0 Å². The summed E-state index contributed by atoms with van der Waals surface area (Å²) in [6.45, 7) is 4.43. The summed E-state index contributed by atoms with van der Waals surface area (Å²) >= 11 is 5.99. The third kappa shape index (κ3) is 3.74. The van der Waals surface area contributed by atoms with E-state index in [-0.39, 0.29) is 0 Å². The number of nitrogens with zero attached hydrogens (tertiary/aromatic N) is 2. The Hall–Kier alpha value is -1.59. The van der Waals surface area contributed by atoms with Gasteiger partial charge in [0.1, 0.15) is 11.9 Å². The van der Waals surface area contributed by atoms with Crippen LogP contribution in [0.5, 0.6) is 0 Å². The molecule has 1 aromatic heterocycles. The number of aromatic nitrogens is 2. The van der Waals surface area contributed by atoms with Crippen LogP contribution in [0, 0.1) is 5.92 Å². The van der Waals surface area contributed by atoms with Crippen LogP contribution < -0.4 is 5.32 Å². The van der Waals surface area contributed by atoms with E-state index in [1.54, 1.807) is 6.07 Å². The first-order valence-electron chi connectivity index (χ1n) is 6.95. The average molecular weight is 310 g/mol. The van der Waals surface area contributed by atoms with E-state index >= 15 is 0 Å². The number of halogens is 1. The van der Waals surface area contributed by atoms with Gasteiger partial charge in [0.25, 0.3) is 0 Å². The van der Waals surface area contributed by atoms with Gasteiger partial charge in [-0.25, -0.2) is 4.98 Å². The van der Waals surface area contributed by atoms with E-state index in [1.165, 1.54) is 0 Å². The molecular weight excluding hydrogens is 290 g/mol. The number of carbonyl (C=O) groups is 1. The van der Waals surface area contributed by atoms with Gasteiger partial charge in [0.2, 0.25) is 0 Å². The Labute approximate surface area is 128 Å². The fraction of sp³-hybridized carbons (Fsp3) is 0.467. The Bertz CT molecular complexity index is 652. The number of rotatable bonds is 6. The molecular formula is C15H20ClN3O2. The highest BCUT2D eigenvalue weighted by atomic mass is 35.5. The number of hydrogen-bond donors (Lipinski definition) is 2. The number of carboxylic acid groups (broad SMARTS) is 1. The molecule has 0 aliphatic heterocycles. The van der Waals surface area contributed by atoms with Crippen molar-refractivity contribution in [1.82, 2.24) is 14.9 Å². The van der Waals surface area contributed by atoms with Gasteiger partial charge >= 0.3 is 5.97 Å². The van der Waals surface area contributed by atoms with Gasteiger partial charge in [-0.3, -0.25) is 10.1 Å². The van der Waals surface area contributed by atoms with Gasteiger partial charge in [-0.05, 0) is 30.5 Å². The lowest BCUT2D eigenvalue weighted by molar-refractivity contribution is -0.140. The molecule has 6 heteroatoms. The third-order valence-corrected chi connectivity index (χ3v) is 3.68. The molecule has 2 aromatic rings. The second kappa shape index (κ2) is 6.45. The Morgan fingerprint density at radius 3 is 2.81 bits per heavy atom. The maximum Gasteiger partial charge on any atom is 0.320 e. The van der Waals surface area contributed by atoms with Crippen LogP contribution >= 0.6 is 11.6 Å². The van der Waals surface area contributed by atoms with Crippen molar-refractivity contribution in [1.29, 1.82) is 0 Å². The highest BCUT2D eigenvalue weighted by Gasteiger charge is 2.19. The predicted molar refractivity (Wildman–Crippen MR) is 83.4 cm³/mol. The first-order valence-corrected chi connectivity index (χ1v) is 7.33. The van der Waals surface area contributed by atoms with Gasteiger partial charge in [-0.15, -0.1) is 0 Å². The summed E-state index contributed by atoms with van der Waals surface area (Å²) in [5.74, 6) is 0.283. The molecule has 0 fully saturated rings. The maximum atomic E-state index is 11.3. The lowest BCUT2D eigenvalue weighted by Crippen LogP contribution is -2.37. The molecule has 2 rings (SSSR count). The second-order valence-corrected chi connectivity index (χ2v) is 6.06. The summed E-state index contributed by atoms with van der Waals surface area (Å²) in [6.07, 6.45) is 0.588. The molecule has 114 valence electrons. The van der Waals surface area contributed by atoms with Crippen LogP contribution in [0.2, 0.25) is 5.02 Å². The van der Waals surface area contributed by atoms with Crippen LogP contribution in [0.3, 0.4) is 0 Å². The van der Waals surface area contributed by atoms with Crippen molar-refractivity contribution in [3.05, 3.63) is 29.0 Å². The quantitative estimate of drug-likeness (QED) is 0.861. The van der Waals surface area contributed by atoms with E-state index in [0.717, 1.165) is 16.9 Å². The first-order chi connectivity index (χ1) is 9.88. The monoisotopic (exact) mass is 309 g/mol. The molecule has 2 N–H and O–H groups in total. The van der Waals surface area contributed by atoms with Crippen molar-refractivity contribution in [2.75, 3.05) is 0 Å². The SMILES string of the molecule is CC(C)CC(NCc1nc2ccc(Cl)cc2n1C)C(=O)O. The fourth-order valence-electron chi connectivity index (χ4n) is 2.33. The van der Waals surface area contributed by atoms with Crippen LogP contribution in [-0.4, -0.2) is 26.7 Å². The topological polar surface area (TPSA) is 67.2 Å². The molecule has 1 atom stereocenters. The van der Waals surface area contributed by atoms with E-state index in [2.05, 4.69) is 10.3 Å². The molecule has 0 amide bonds. The predicted octanol–water partition coefficient (Wildman–Crippen LogP) is 2.82. The van der Waals surface area contributed by atoms with E-state index in [4.69, 9.17) is 11.6 Å². The van der Waals surface area contributed by atoms with Crippen LogP contribution in [0.4, 0.5) is 0 Å². The number of nitrogens with one attached hydrogen (secondary N) is 1. The number of fused-ring (bicyclic) bond motifs is 1. The van der Waals surface area contributed by atoms with Crippen LogP contribution in [0.1, 0.15) is 26.1 Å². The Kier molecular flexibility index (Phi) is 4.85. The lowest BCUT2D eigenvalue weighted by atomic mass is 10.0. The molecule has 0 saturated carbocycles. The van der Waals surface area contributed by atoms with Gasteiger partial charge in [0.05, 0.1) is 17.6 Å². The summed E-state index contributed by atoms with van der Waals surface area (Å²) in [4.78, 5) is 15.8. The summed E-state index contributed by atoms with van der Waals surface area (Å²) < 4.78 is 1.93. The van der Waals surface area contributed by atoms with Crippen LogP contribution in [0.15, 0.2) is 18.2 Å². The average Bonchev–Trinajstić information content (AvgIpc) is 2.71. The molecule has 5 nitrogen and oxygen atoms in total. The number of aryl methyl sites for hydroxylation is 1. The fourth-order valence-corrected chi connectivity index (χ4v) is 2.49. The molecule has 1 heterocycles. The highest BCUT2D eigenvalue weighted by molar-refractivity contribution is 6.31. The normalized spacial score (nSPS) is 13.0. The molecule has 0 aliphatic carbocycles. The molecule has 1 unspecified atom stereocenters. The van der Waals surface area contributed by atoms with Crippen LogP contribution in [0.25, 0.3) is 11.0 Å². The van der Waals surface area contributed by atoms with E-state index < -0.39 is 12.0 Å². The molecule has 1 aromatic carbocycles. The summed E-state index contributed by atoms with van der Waals surface area (Å²) in [5, 5.41) is 13.0. The third-order valence-electron chi connectivity index (χ3n) is 3.45. The number of hydrogen-bond acceptors (Lipinski definition) is 3. The highest BCUT2D eigenvalue weighted by Crippen LogP contribution is 2.19.